The van der Waals surface area contributed by atoms with Gasteiger partial charge >= 0.3 is 6.03 Å². The van der Waals surface area contributed by atoms with E-state index in [1.807, 2.05) is 20.9 Å². The van der Waals surface area contributed by atoms with Crippen LogP contribution in [0.3, 0.4) is 0 Å². The molecule has 0 unspecified atom stereocenters. The van der Waals surface area contributed by atoms with Crippen LogP contribution in [0.25, 0.3) is 0 Å². The maximum atomic E-state index is 11.7. The molecule has 0 spiro atoms. The Balaban J connectivity index is 4.19. The van der Waals surface area contributed by atoms with Gasteiger partial charge in [0.25, 0.3) is 0 Å². The normalized spacial score (nSPS) is 10.3. The molecule has 0 fully saturated rings. The Morgan fingerprint density at radius 3 is 2.31 bits per heavy atom. The molecule has 0 saturated heterocycles. The molecular weight excluding hydrogens is 166 g/mol. The Labute approximate surface area is 80.9 Å². The maximum absolute atomic E-state index is 11.7. The van der Waals surface area contributed by atoms with Gasteiger partial charge in [-0.15, -0.1) is 0 Å². The third-order valence-electron chi connectivity index (χ3n) is 1.85. The number of hydrogen-bond acceptors (Lipinski definition) is 2. The van der Waals surface area contributed by atoms with Gasteiger partial charge in [-0.05, 0) is 20.3 Å². The topological polar surface area (TPSA) is 35.6 Å². The van der Waals surface area contributed by atoms with E-state index in [-0.39, 0.29) is 12.1 Å². The SMILES string of the molecule is CCCN(C)C(=O)N(NC)C(C)C. The minimum atomic E-state index is 0.0272. The lowest BCUT2D eigenvalue weighted by Gasteiger charge is -2.30. The Morgan fingerprint density at radius 1 is 1.46 bits per heavy atom. The summed E-state index contributed by atoms with van der Waals surface area (Å²) in [5.74, 6) is 0. The van der Waals surface area contributed by atoms with Crippen LogP contribution in [0.15, 0.2) is 0 Å². The van der Waals surface area contributed by atoms with Crippen molar-refractivity contribution in [3.63, 3.8) is 0 Å². The van der Waals surface area contributed by atoms with Gasteiger partial charge in [0, 0.05) is 26.7 Å². The number of hydrazine groups is 1. The standard InChI is InChI=1S/C9H21N3O/c1-6-7-11(5)9(13)12(10-4)8(2)3/h8,10H,6-7H2,1-5H3. The highest BCUT2D eigenvalue weighted by atomic mass is 16.2. The second-order valence-electron chi connectivity index (χ2n) is 3.39. The van der Waals surface area contributed by atoms with E-state index in [0.29, 0.717) is 0 Å². The number of rotatable bonds is 4. The summed E-state index contributed by atoms with van der Waals surface area (Å²) in [6, 6.07) is 0.205. The largest absolute Gasteiger partial charge is 0.334 e. The lowest BCUT2D eigenvalue weighted by Crippen LogP contribution is -2.51. The van der Waals surface area contributed by atoms with E-state index in [9.17, 15) is 4.79 Å². The molecule has 1 N–H and O–H groups in total. The van der Waals surface area contributed by atoms with Gasteiger partial charge < -0.3 is 4.90 Å². The van der Waals surface area contributed by atoms with Crippen molar-refractivity contribution in [3.8, 4) is 0 Å². The van der Waals surface area contributed by atoms with Crippen molar-refractivity contribution in [2.24, 2.45) is 0 Å². The van der Waals surface area contributed by atoms with Crippen LogP contribution >= 0.6 is 0 Å². The molecule has 0 rings (SSSR count). The number of hydrogen-bond donors (Lipinski definition) is 1. The maximum Gasteiger partial charge on any atom is 0.334 e. The van der Waals surface area contributed by atoms with E-state index < -0.39 is 0 Å². The number of nitrogens with one attached hydrogen (secondary N) is 1. The summed E-state index contributed by atoms with van der Waals surface area (Å²) in [5.41, 5.74) is 2.88. The molecule has 0 aliphatic rings. The highest BCUT2D eigenvalue weighted by Crippen LogP contribution is 1.99. The summed E-state index contributed by atoms with van der Waals surface area (Å²) in [7, 11) is 3.58. The number of carbonyl (C=O) groups is 1. The van der Waals surface area contributed by atoms with Gasteiger partial charge in [-0.1, -0.05) is 6.92 Å². The molecule has 0 radical (unpaired) electrons. The van der Waals surface area contributed by atoms with Gasteiger partial charge in [0.2, 0.25) is 0 Å². The molecule has 0 aromatic carbocycles. The molecule has 78 valence electrons. The van der Waals surface area contributed by atoms with Crippen molar-refractivity contribution >= 4 is 6.03 Å². The minimum Gasteiger partial charge on any atom is -0.327 e. The van der Waals surface area contributed by atoms with Crippen molar-refractivity contribution in [1.82, 2.24) is 15.3 Å². The molecule has 4 nitrogen and oxygen atoms in total. The van der Waals surface area contributed by atoms with E-state index in [4.69, 9.17) is 0 Å². The molecular formula is C9H21N3O. The first kappa shape index (κ1) is 12.2. The summed E-state index contributed by atoms with van der Waals surface area (Å²) >= 11 is 0. The highest BCUT2D eigenvalue weighted by molar-refractivity contribution is 5.73. The van der Waals surface area contributed by atoms with Crippen molar-refractivity contribution in [2.45, 2.75) is 33.2 Å². The second-order valence-corrected chi connectivity index (χ2v) is 3.39. The summed E-state index contributed by atoms with van der Waals surface area (Å²) in [5, 5.41) is 1.62. The average Bonchev–Trinajstić information content (AvgIpc) is 2.05. The van der Waals surface area contributed by atoms with E-state index in [1.165, 1.54) is 0 Å². The molecule has 0 aromatic heterocycles. The first-order chi connectivity index (χ1) is 6.04. The molecule has 0 bridgehead atoms. The zero-order chi connectivity index (χ0) is 10.4. The summed E-state index contributed by atoms with van der Waals surface area (Å²) in [6.07, 6.45) is 0.984. The van der Waals surface area contributed by atoms with Crippen molar-refractivity contribution in [3.05, 3.63) is 0 Å². The van der Waals surface area contributed by atoms with E-state index in [2.05, 4.69) is 12.3 Å². The third-order valence-corrected chi connectivity index (χ3v) is 1.85. The first-order valence-corrected chi connectivity index (χ1v) is 4.76. The van der Waals surface area contributed by atoms with E-state index >= 15 is 0 Å². The fourth-order valence-corrected chi connectivity index (χ4v) is 1.19. The van der Waals surface area contributed by atoms with E-state index in [1.54, 1.807) is 17.0 Å². The molecule has 0 aliphatic carbocycles. The predicted octanol–water partition coefficient (Wildman–Crippen LogP) is 1.29. The van der Waals surface area contributed by atoms with Crippen LogP contribution < -0.4 is 5.43 Å². The number of carbonyl (C=O) groups excluding carboxylic acids is 1. The average molecular weight is 187 g/mol. The number of urea groups is 1. The van der Waals surface area contributed by atoms with Crippen molar-refractivity contribution in [2.75, 3.05) is 20.6 Å². The van der Waals surface area contributed by atoms with Gasteiger partial charge in [-0.2, -0.15) is 0 Å². The quantitative estimate of drug-likeness (QED) is 0.673. The molecule has 4 heteroatoms. The summed E-state index contributed by atoms with van der Waals surface area (Å²) < 4.78 is 0. The first-order valence-electron chi connectivity index (χ1n) is 4.76. The summed E-state index contributed by atoms with van der Waals surface area (Å²) in [6.45, 7) is 6.81. The lowest BCUT2D eigenvalue weighted by molar-refractivity contribution is 0.126. The second kappa shape index (κ2) is 5.80. The Bertz CT molecular complexity index is 159. The zero-order valence-corrected chi connectivity index (χ0v) is 9.29. The fourth-order valence-electron chi connectivity index (χ4n) is 1.19. The van der Waals surface area contributed by atoms with Gasteiger partial charge in [-0.3, -0.25) is 5.01 Å². The molecule has 0 aromatic rings. The van der Waals surface area contributed by atoms with Gasteiger partial charge in [-0.25, -0.2) is 10.2 Å². The zero-order valence-electron chi connectivity index (χ0n) is 9.29. The van der Waals surface area contributed by atoms with Gasteiger partial charge in [0.15, 0.2) is 0 Å². The number of nitrogens with zero attached hydrogens (tertiary/aromatic N) is 2. The Kier molecular flexibility index (Phi) is 5.46. The van der Waals surface area contributed by atoms with Crippen LogP contribution in [0.5, 0.6) is 0 Å². The van der Waals surface area contributed by atoms with Crippen LogP contribution in [0, 0.1) is 0 Å². The van der Waals surface area contributed by atoms with Crippen LogP contribution in [0.1, 0.15) is 27.2 Å². The Morgan fingerprint density at radius 2 is 2.00 bits per heavy atom. The number of amides is 2. The van der Waals surface area contributed by atoms with Crippen molar-refractivity contribution in [1.29, 1.82) is 0 Å². The van der Waals surface area contributed by atoms with E-state index in [0.717, 1.165) is 13.0 Å². The predicted molar refractivity (Wildman–Crippen MR) is 54.4 cm³/mol. The van der Waals surface area contributed by atoms with Crippen LogP contribution in [-0.2, 0) is 0 Å². The fraction of sp³-hybridized carbons (Fsp3) is 0.889. The van der Waals surface area contributed by atoms with Crippen molar-refractivity contribution < 1.29 is 4.79 Å². The molecule has 0 atom stereocenters. The van der Waals surface area contributed by atoms with Gasteiger partial charge in [0.1, 0.15) is 0 Å². The molecule has 0 heterocycles. The van der Waals surface area contributed by atoms with Crippen LogP contribution in [0.2, 0.25) is 0 Å². The minimum absolute atomic E-state index is 0.0272. The monoisotopic (exact) mass is 187 g/mol. The smallest absolute Gasteiger partial charge is 0.327 e. The molecule has 13 heavy (non-hydrogen) atoms. The van der Waals surface area contributed by atoms with Gasteiger partial charge in [0.05, 0.1) is 0 Å². The van der Waals surface area contributed by atoms with Crippen LogP contribution in [0.4, 0.5) is 4.79 Å². The summed E-state index contributed by atoms with van der Waals surface area (Å²) in [4.78, 5) is 13.4. The third kappa shape index (κ3) is 3.63. The molecule has 2 amide bonds. The van der Waals surface area contributed by atoms with Crippen LogP contribution in [-0.4, -0.2) is 42.6 Å². The highest BCUT2D eigenvalue weighted by Gasteiger charge is 2.18. The Hall–Kier alpha value is -0.770. The molecule has 0 saturated carbocycles. The molecule has 0 aliphatic heterocycles. The lowest BCUT2D eigenvalue weighted by atomic mass is 10.4.